The maximum atomic E-state index is 15.2. The fourth-order valence-electron chi connectivity index (χ4n) is 5.98. The Labute approximate surface area is 269 Å². The molecule has 0 atom stereocenters. The minimum Gasteiger partial charge on any atom is -0.339 e. The van der Waals surface area contributed by atoms with Crippen molar-refractivity contribution >= 4 is 35.0 Å². The quantitative estimate of drug-likeness (QED) is 0.326. The molecule has 3 amide bonds. The van der Waals surface area contributed by atoms with E-state index in [1.807, 2.05) is 4.90 Å². The van der Waals surface area contributed by atoms with Crippen LogP contribution in [-0.4, -0.2) is 86.1 Å². The van der Waals surface area contributed by atoms with Gasteiger partial charge in [-0.2, -0.15) is 5.10 Å². The summed E-state index contributed by atoms with van der Waals surface area (Å²) < 4.78 is 33.1. The van der Waals surface area contributed by atoms with Gasteiger partial charge in [-0.1, -0.05) is 17.7 Å². The maximum absolute atomic E-state index is 15.2. The van der Waals surface area contributed by atoms with E-state index in [1.165, 1.54) is 46.9 Å². The number of nitrogens with zero attached hydrogens (tertiary/aromatic N) is 6. The molecule has 2 aromatic heterocycles. The van der Waals surface area contributed by atoms with Crippen molar-refractivity contribution in [2.45, 2.75) is 12.8 Å². The molecule has 2 aliphatic heterocycles. The number of benzene rings is 2. The minimum atomic E-state index is -1.07. The summed E-state index contributed by atoms with van der Waals surface area (Å²) in [7, 11) is 3.21. The lowest BCUT2D eigenvalue weighted by atomic mass is 9.96. The van der Waals surface area contributed by atoms with Crippen LogP contribution in [0.4, 0.5) is 14.5 Å². The van der Waals surface area contributed by atoms with Crippen LogP contribution in [0.5, 0.6) is 0 Å². The van der Waals surface area contributed by atoms with Crippen LogP contribution in [-0.2, 0) is 18.9 Å². The molecule has 0 bridgehead atoms. The number of halogens is 3. The van der Waals surface area contributed by atoms with E-state index in [1.54, 1.807) is 30.3 Å². The maximum Gasteiger partial charge on any atom is 0.291 e. The predicted molar refractivity (Wildman–Crippen MR) is 168 cm³/mol. The second-order valence-corrected chi connectivity index (χ2v) is 11.9. The van der Waals surface area contributed by atoms with Gasteiger partial charge in [0.2, 0.25) is 5.91 Å². The third kappa shape index (κ3) is 6.12. The van der Waals surface area contributed by atoms with Crippen molar-refractivity contribution in [3.63, 3.8) is 0 Å². The third-order valence-corrected chi connectivity index (χ3v) is 8.90. The fourth-order valence-corrected chi connectivity index (χ4v) is 6.24. The Kier molecular flexibility index (Phi) is 8.87. The first kappa shape index (κ1) is 31.4. The number of rotatable bonds is 6. The van der Waals surface area contributed by atoms with Gasteiger partial charge < -0.3 is 25.0 Å². The first-order chi connectivity index (χ1) is 22.1. The van der Waals surface area contributed by atoms with Crippen molar-refractivity contribution in [2.24, 2.45) is 20.0 Å². The van der Waals surface area contributed by atoms with E-state index >= 15 is 8.78 Å². The summed E-state index contributed by atoms with van der Waals surface area (Å²) in [6.07, 6.45) is 5.99. The zero-order chi connectivity index (χ0) is 32.5. The van der Waals surface area contributed by atoms with Gasteiger partial charge >= 0.3 is 0 Å². The van der Waals surface area contributed by atoms with E-state index in [0.29, 0.717) is 37.4 Å². The molecular weight excluding hydrogens is 618 g/mol. The standard InChI is InChI=1S/C32H33ClF2N8O3/c1-40-18-20(16-38-40)22-5-6-24(28(35)27(22)34)26-17-37-29(41(26)2)30(44)39-21-3-4-23(25(33)15-21)32(46)43-13-11-42(12-14-43)31(45)19-7-9-36-10-8-19/h3-6,15-19,36H,7-14H2,1-2H3,(H,39,44). The molecule has 4 aromatic rings. The molecule has 0 saturated carbocycles. The van der Waals surface area contributed by atoms with Gasteiger partial charge in [0.05, 0.1) is 28.7 Å². The van der Waals surface area contributed by atoms with Gasteiger partial charge in [-0.05, 0) is 50.2 Å². The number of piperidine rings is 1. The highest BCUT2D eigenvalue weighted by atomic mass is 35.5. The predicted octanol–water partition coefficient (Wildman–Crippen LogP) is 3.96. The summed E-state index contributed by atoms with van der Waals surface area (Å²) >= 11 is 6.49. The normalized spacial score (nSPS) is 15.7. The summed E-state index contributed by atoms with van der Waals surface area (Å²) in [6, 6.07) is 7.46. The molecule has 0 radical (unpaired) electrons. The number of aryl methyl sites for hydroxylation is 1. The number of anilines is 1. The SMILES string of the molecule is Cn1cc(-c2ccc(-c3cnc(C(=O)Nc4ccc(C(=O)N5CCN(C(=O)C6CCNCC6)CC5)c(Cl)c4)n3C)c(F)c2F)cn1. The van der Waals surface area contributed by atoms with Crippen LogP contribution in [0.3, 0.4) is 0 Å². The average molecular weight is 651 g/mol. The molecule has 14 heteroatoms. The molecule has 2 aromatic carbocycles. The monoisotopic (exact) mass is 650 g/mol. The van der Waals surface area contributed by atoms with Crippen LogP contribution in [0.2, 0.25) is 5.02 Å². The average Bonchev–Trinajstić information content (AvgIpc) is 3.67. The van der Waals surface area contributed by atoms with E-state index in [-0.39, 0.29) is 51.0 Å². The van der Waals surface area contributed by atoms with Crippen LogP contribution in [0.1, 0.15) is 33.8 Å². The van der Waals surface area contributed by atoms with Crippen LogP contribution >= 0.6 is 11.6 Å². The molecular formula is C32H33ClF2N8O3. The van der Waals surface area contributed by atoms with Crippen LogP contribution in [0, 0.1) is 17.6 Å². The zero-order valence-corrected chi connectivity index (χ0v) is 26.2. The number of aromatic nitrogens is 4. The minimum absolute atomic E-state index is 0.0339. The highest BCUT2D eigenvalue weighted by Crippen LogP contribution is 2.32. The Hall–Kier alpha value is -4.62. The Morgan fingerprint density at radius 1 is 0.935 bits per heavy atom. The first-order valence-electron chi connectivity index (χ1n) is 15.0. The summed E-state index contributed by atoms with van der Waals surface area (Å²) in [6.45, 7) is 3.44. The summed E-state index contributed by atoms with van der Waals surface area (Å²) in [5, 5.41) is 10.1. The number of imidazole rings is 1. The van der Waals surface area contributed by atoms with E-state index in [2.05, 4.69) is 20.7 Å². The van der Waals surface area contributed by atoms with E-state index in [0.717, 1.165) is 25.9 Å². The summed E-state index contributed by atoms with van der Waals surface area (Å²) in [4.78, 5) is 46.9. The lowest BCUT2D eigenvalue weighted by Gasteiger charge is -2.37. The lowest BCUT2D eigenvalue weighted by Crippen LogP contribution is -2.52. The van der Waals surface area contributed by atoms with Crippen molar-refractivity contribution in [3.05, 3.63) is 77.0 Å². The van der Waals surface area contributed by atoms with Crippen LogP contribution < -0.4 is 10.6 Å². The number of amides is 3. The van der Waals surface area contributed by atoms with Crippen molar-refractivity contribution in [1.82, 2.24) is 34.4 Å². The fraction of sp³-hybridized carbons (Fsp3) is 0.344. The molecule has 0 unspecified atom stereocenters. The molecule has 0 spiro atoms. The van der Waals surface area contributed by atoms with Gasteiger partial charge in [-0.15, -0.1) is 0 Å². The molecule has 0 aliphatic carbocycles. The van der Waals surface area contributed by atoms with Gasteiger partial charge in [-0.25, -0.2) is 13.8 Å². The Balaban J connectivity index is 1.10. The highest BCUT2D eigenvalue weighted by Gasteiger charge is 2.30. The van der Waals surface area contributed by atoms with Crippen LogP contribution in [0.25, 0.3) is 22.4 Å². The lowest BCUT2D eigenvalue weighted by molar-refractivity contribution is -0.137. The molecule has 2 saturated heterocycles. The Morgan fingerprint density at radius 2 is 1.61 bits per heavy atom. The Bertz CT molecular complexity index is 1810. The number of nitrogens with one attached hydrogen (secondary N) is 2. The topological polar surface area (TPSA) is 117 Å². The van der Waals surface area contributed by atoms with Crippen molar-refractivity contribution < 1.29 is 23.2 Å². The van der Waals surface area contributed by atoms with Gasteiger partial charge in [0.25, 0.3) is 11.8 Å². The molecule has 2 aliphatic rings. The first-order valence-corrected chi connectivity index (χ1v) is 15.4. The number of piperazine rings is 1. The molecule has 2 N–H and O–H groups in total. The van der Waals surface area contributed by atoms with Crippen LogP contribution in [0.15, 0.2) is 48.9 Å². The van der Waals surface area contributed by atoms with E-state index in [9.17, 15) is 14.4 Å². The zero-order valence-electron chi connectivity index (χ0n) is 25.4. The molecule has 240 valence electrons. The molecule has 6 rings (SSSR count). The molecule has 46 heavy (non-hydrogen) atoms. The van der Waals surface area contributed by atoms with Crippen molar-refractivity contribution in [2.75, 3.05) is 44.6 Å². The molecule has 4 heterocycles. The third-order valence-electron chi connectivity index (χ3n) is 8.59. The number of hydrogen-bond donors (Lipinski definition) is 2. The summed E-state index contributed by atoms with van der Waals surface area (Å²) in [5.74, 6) is -2.82. The smallest absolute Gasteiger partial charge is 0.291 e. The van der Waals surface area contributed by atoms with Gasteiger partial charge in [-0.3, -0.25) is 19.1 Å². The molecule has 11 nitrogen and oxygen atoms in total. The summed E-state index contributed by atoms with van der Waals surface area (Å²) in [5.41, 5.74) is 1.26. The van der Waals surface area contributed by atoms with E-state index < -0.39 is 17.5 Å². The molecule has 2 fully saturated rings. The van der Waals surface area contributed by atoms with Gasteiger partial charge in [0, 0.05) is 74.8 Å². The highest BCUT2D eigenvalue weighted by molar-refractivity contribution is 6.34. The van der Waals surface area contributed by atoms with Gasteiger partial charge in [0.15, 0.2) is 17.5 Å². The second-order valence-electron chi connectivity index (χ2n) is 11.5. The Morgan fingerprint density at radius 3 is 2.28 bits per heavy atom. The largest absolute Gasteiger partial charge is 0.339 e. The second kappa shape index (κ2) is 13.0. The number of carbonyl (C=O) groups is 3. The van der Waals surface area contributed by atoms with Crippen molar-refractivity contribution in [3.8, 4) is 22.4 Å². The van der Waals surface area contributed by atoms with Crippen molar-refractivity contribution in [1.29, 1.82) is 0 Å². The number of hydrogen-bond acceptors (Lipinski definition) is 6. The van der Waals surface area contributed by atoms with Gasteiger partial charge in [0.1, 0.15) is 0 Å². The van der Waals surface area contributed by atoms with E-state index in [4.69, 9.17) is 11.6 Å². The number of carbonyl (C=O) groups excluding carboxylic acids is 3.